The van der Waals surface area contributed by atoms with Gasteiger partial charge in [-0.3, -0.25) is 4.79 Å². The lowest BCUT2D eigenvalue weighted by Crippen LogP contribution is -2.16. The zero-order valence-electron chi connectivity index (χ0n) is 16.2. The van der Waals surface area contributed by atoms with Crippen LogP contribution in [-0.4, -0.2) is 32.7 Å². The molecule has 3 aromatic rings. The topological polar surface area (TPSA) is 89.5 Å². The van der Waals surface area contributed by atoms with Crippen LogP contribution in [0.2, 0.25) is 5.02 Å². The fourth-order valence-corrected chi connectivity index (χ4v) is 5.45. The zero-order chi connectivity index (χ0) is 21.7. The first-order valence-electron chi connectivity index (χ1n) is 9.28. The maximum Gasteiger partial charge on any atom is 0.341 e. The Balaban J connectivity index is 1.68. The molecule has 1 aromatic heterocycles. The lowest BCUT2D eigenvalue weighted by atomic mass is 10.1. The Morgan fingerprint density at radius 1 is 1.10 bits per heavy atom. The molecule has 30 heavy (non-hydrogen) atoms. The van der Waals surface area contributed by atoms with Crippen LogP contribution in [0, 0.1) is 0 Å². The smallest absolute Gasteiger partial charge is 0.341 e. The summed E-state index contributed by atoms with van der Waals surface area (Å²) in [6.45, 7) is 1.94. The number of sulfone groups is 1. The molecule has 0 saturated heterocycles. The quantitative estimate of drug-likeness (QED) is 0.476. The number of nitrogens with one attached hydrogen (secondary N) is 1. The number of halogens is 1. The van der Waals surface area contributed by atoms with Crippen molar-refractivity contribution < 1.29 is 22.7 Å². The van der Waals surface area contributed by atoms with Crippen molar-refractivity contribution in [2.24, 2.45) is 0 Å². The van der Waals surface area contributed by atoms with Gasteiger partial charge in [0.1, 0.15) is 10.6 Å². The second-order valence-electron chi connectivity index (χ2n) is 6.45. The van der Waals surface area contributed by atoms with Gasteiger partial charge in [0.05, 0.1) is 17.3 Å². The predicted octanol–water partition coefficient (Wildman–Crippen LogP) is 4.92. The highest BCUT2D eigenvalue weighted by molar-refractivity contribution is 7.91. The number of benzene rings is 2. The van der Waals surface area contributed by atoms with Crippen LogP contribution in [0.3, 0.4) is 0 Å². The number of amides is 1. The number of thiophene rings is 1. The first-order valence-corrected chi connectivity index (χ1v) is 12.1. The van der Waals surface area contributed by atoms with Crippen molar-refractivity contribution in [3.63, 3.8) is 0 Å². The summed E-state index contributed by atoms with van der Waals surface area (Å²) >= 11 is 7.07. The minimum absolute atomic E-state index is 0.00330. The molecule has 2 aromatic carbocycles. The first-order chi connectivity index (χ1) is 14.3. The van der Waals surface area contributed by atoms with Crippen LogP contribution in [0.5, 0.6) is 0 Å². The first kappa shape index (κ1) is 22.3. The molecule has 0 aliphatic rings. The van der Waals surface area contributed by atoms with Crippen LogP contribution in [0.1, 0.15) is 30.1 Å². The number of fused-ring (bicyclic) bond motifs is 1. The molecule has 6 nitrogen and oxygen atoms in total. The second-order valence-corrected chi connectivity index (χ2v) is 10.0. The van der Waals surface area contributed by atoms with Gasteiger partial charge < -0.3 is 10.1 Å². The highest BCUT2D eigenvalue weighted by atomic mass is 35.5. The molecular formula is C21H20ClNO5S2. The van der Waals surface area contributed by atoms with Crippen LogP contribution in [0.4, 0.5) is 5.00 Å². The lowest BCUT2D eigenvalue weighted by Gasteiger charge is -2.07. The zero-order valence-corrected chi connectivity index (χ0v) is 18.6. The Morgan fingerprint density at radius 2 is 1.80 bits per heavy atom. The summed E-state index contributed by atoms with van der Waals surface area (Å²) in [4.78, 5) is 25.0. The Bertz CT molecular complexity index is 1170. The van der Waals surface area contributed by atoms with Crippen molar-refractivity contribution >= 4 is 59.7 Å². The van der Waals surface area contributed by atoms with Crippen LogP contribution in [0.15, 0.2) is 53.4 Å². The van der Waals surface area contributed by atoms with E-state index in [9.17, 15) is 18.0 Å². The summed E-state index contributed by atoms with van der Waals surface area (Å²) in [6, 6.07) is 13.2. The third kappa shape index (κ3) is 5.19. The summed E-state index contributed by atoms with van der Waals surface area (Å²) in [6.07, 6.45) is 0.153. The third-order valence-corrected chi connectivity index (χ3v) is 7.47. The summed E-state index contributed by atoms with van der Waals surface area (Å²) in [5.41, 5.74) is 0.319. The molecule has 0 spiro atoms. The van der Waals surface area contributed by atoms with Crippen molar-refractivity contribution in [3.05, 3.63) is 59.1 Å². The molecule has 0 fully saturated rings. The molecular weight excluding hydrogens is 446 g/mol. The van der Waals surface area contributed by atoms with E-state index >= 15 is 0 Å². The molecule has 158 valence electrons. The van der Waals surface area contributed by atoms with Gasteiger partial charge >= 0.3 is 5.97 Å². The molecule has 0 saturated carbocycles. The molecule has 1 heterocycles. The van der Waals surface area contributed by atoms with E-state index in [0.717, 1.165) is 4.70 Å². The third-order valence-electron chi connectivity index (χ3n) is 4.32. The number of carbonyl (C=O) groups excluding carboxylic acids is 2. The van der Waals surface area contributed by atoms with Crippen LogP contribution in [0.25, 0.3) is 10.1 Å². The fourth-order valence-electron chi connectivity index (χ4n) is 2.91. The van der Waals surface area contributed by atoms with Gasteiger partial charge in [-0.2, -0.15) is 0 Å². The van der Waals surface area contributed by atoms with Crippen molar-refractivity contribution in [1.82, 2.24) is 0 Å². The number of anilines is 1. The molecule has 0 aliphatic carbocycles. The Hall–Kier alpha value is -2.42. The van der Waals surface area contributed by atoms with Crippen molar-refractivity contribution in [2.75, 3.05) is 17.7 Å². The number of ether oxygens (including phenoxy) is 1. The average molecular weight is 466 g/mol. The summed E-state index contributed by atoms with van der Waals surface area (Å²) in [7, 11) is -3.51. The number of hydrogen-bond acceptors (Lipinski definition) is 6. The molecule has 9 heteroatoms. The highest BCUT2D eigenvalue weighted by Crippen LogP contribution is 2.36. The summed E-state index contributed by atoms with van der Waals surface area (Å²) in [5, 5.41) is 4.30. The maximum absolute atomic E-state index is 12.4. The van der Waals surface area contributed by atoms with Crippen molar-refractivity contribution in [3.8, 4) is 0 Å². The summed E-state index contributed by atoms with van der Waals surface area (Å²) < 4.78 is 30.7. The van der Waals surface area contributed by atoms with E-state index in [2.05, 4.69) is 5.32 Å². The SMILES string of the molecule is CCOC(=O)c1c(NC(=O)CCCS(=O)(=O)c2ccc(Cl)cc2)sc2ccccc12. The Kier molecular flexibility index (Phi) is 7.12. The molecule has 0 atom stereocenters. The Labute approximate surface area is 183 Å². The number of esters is 1. The van der Waals surface area contributed by atoms with E-state index < -0.39 is 15.8 Å². The normalized spacial score (nSPS) is 11.4. The van der Waals surface area contributed by atoms with Gasteiger partial charge in [-0.05, 0) is 43.7 Å². The number of hydrogen-bond donors (Lipinski definition) is 1. The Morgan fingerprint density at radius 3 is 2.50 bits per heavy atom. The van der Waals surface area contributed by atoms with Gasteiger partial charge in [0.2, 0.25) is 5.91 Å². The van der Waals surface area contributed by atoms with E-state index in [-0.39, 0.29) is 36.0 Å². The van der Waals surface area contributed by atoms with E-state index in [1.165, 1.54) is 35.6 Å². The largest absolute Gasteiger partial charge is 0.462 e. The van der Waals surface area contributed by atoms with Crippen molar-refractivity contribution in [2.45, 2.75) is 24.7 Å². The van der Waals surface area contributed by atoms with E-state index in [1.807, 2.05) is 18.2 Å². The van der Waals surface area contributed by atoms with Gasteiger partial charge in [-0.1, -0.05) is 29.8 Å². The molecule has 3 rings (SSSR count). The molecule has 0 aliphatic heterocycles. The molecule has 1 N–H and O–H groups in total. The maximum atomic E-state index is 12.4. The predicted molar refractivity (Wildman–Crippen MR) is 119 cm³/mol. The molecule has 0 unspecified atom stereocenters. The van der Waals surface area contributed by atoms with Crippen LogP contribution < -0.4 is 5.32 Å². The van der Waals surface area contributed by atoms with Gasteiger partial charge in [0.25, 0.3) is 0 Å². The average Bonchev–Trinajstić information content (AvgIpc) is 3.06. The van der Waals surface area contributed by atoms with Crippen LogP contribution in [-0.2, 0) is 19.4 Å². The standard InChI is InChI=1S/C21H20ClNO5S2/c1-2-28-21(25)19-16-6-3-4-7-17(16)29-20(19)23-18(24)8-5-13-30(26,27)15-11-9-14(22)10-12-15/h3-4,6-7,9-12H,2,5,8,13H2,1H3,(H,23,24). The highest BCUT2D eigenvalue weighted by Gasteiger charge is 2.22. The lowest BCUT2D eigenvalue weighted by molar-refractivity contribution is -0.116. The molecule has 0 bridgehead atoms. The van der Waals surface area contributed by atoms with E-state index in [1.54, 1.807) is 13.0 Å². The van der Waals surface area contributed by atoms with Gasteiger partial charge in [-0.25, -0.2) is 13.2 Å². The second kappa shape index (κ2) is 9.59. The van der Waals surface area contributed by atoms with Gasteiger partial charge in [0.15, 0.2) is 9.84 Å². The van der Waals surface area contributed by atoms with E-state index in [0.29, 0.717) is 21.0 Å². The van der Waals surface area contributed by atoms with E-state index in [4.69, 9.17) is 16.3 Å². The molecule has 1 amide bonds. The minimum atomic E-state index is -3.51. The fraction of sp³-hybridized carbons (Fsp3) is 0.238. The molecule has 0 radical (unpaired) electrons. The monoisotopic (exact) mass is 465 g/mol. The van der Waals surface area contributed by atoms with Crippen molar-refractivity contribution in [1.29, 1.82) is 0 Å². The van der Waals surface area contributed by atoms with Gasteiger partial charge in [0, 0.05) is 21.5 Å². The van der Waals surface area contributed by atoms with Gasteiger partial charge in [-0.15, -0.1) is 11.3 Å². The summed E-state index contributed by atoms with van der Waals surface area (Å²) in [5.74, 6) is -1.03. The number of carbonyl (C=O) groups is 2. The van der Waals surface area contributed by atoms with Crippen LogP contribution >= 0.6 is 22.9 Å². The minimum Gasteiger partial charge on any atom is -0.462 e. The number of rotatable bonds is 8.